The van der Waals surface area contributed by atoms with Crippen LogP contribution in [0.5, 0.6) is 0 Å². The van der Waals surface area contributed by atoms with Crippen LogP contribution in [0.3, 0.4) is 0 Å². The van der Waals surface area contributed by atoms with Gasteiger partial charge < -0.3 is 10.0 Å². The lowest BCUT2D eigenvalue weighted by atomic mass is 10.2. The van der Waals surface area contributed by atoms with E-state index >= 15 is 0 Å². The first-order chi connectivity index (χ1) is 10.2. The van der Waals surface area contributed by atoms with Gasteiger partial charge in [0.05, 0.1) is 11.4 Å². The van der Waals surface area contributed by atoms with Crippen molar-refractivity contribution in [1.29, 1.82) is 0 Å². The highest BCUT2D eigenvalue weighted by Crippen LogP contribution is 2.47. The summed E-state index contributed by atoms with van der Waals surface area (Å²) in [5.74, 6) is -0.745. The van der Waals surface area contributed by atoms with Crippen molar-refractivity contribution in [3.05, 3.63) is 48.5 Å². The maximum atomic E-state index is 9.37. The molecule has 4 heteroatoms. The van der Waals surface area contributed by atoms with Crippen LogP contribution in [0, 0.1) is 0 Å². The molecule has 110 valence electrons. The molecule has 0 spiro atoms. The average Bonchev–Trinajstić information content (AvgIpc) is 2.53. The molecule has 1 N–H and O–H groups in total. The highest BCUT2D eigenvalue weighted by Gasteiger charge is 2.20. The van der Waals surface area contributed by atoms with E-state index in [-0.39, 0.29) is 6.42 Å². The quantitative estimate of drug-likeness (QED) is 0.865. The molecule has 0 atom stereocenters. The number of rotatable bonds is 2. The molecule has 21 heavy (non-hydrogen) atoms. The number of benzene rings is 2. The predicted octanol–water partition coefficient (Wildman–Crippen LogP) is 4.79. The number of anilines is 2. The molecule has 0 radical (unpaired) electrons. The molecule has 0 bridgehead atoms. The van der Waals surface area contributed by atoms with Gasteiger partial charge in [-0.15, -0.1) is 0 Å². The topological polar surface area (TPSA) is 40.5 Å². The normalized spacial score (nSPS) is 11.8. The van der Waals surface area contributed by atoms with Crippen LogP contribution >= 0.6 is 11.8 Å². The Morgan fingerprint density at radius 2 is 1.43 bits per heavy atom. The molecule has 2 aromatic rings. The van der Waals surface area contributed by atoms with Gasteiger partial charge in [-0.1, -0.05) is 43.0 Å². The van der Waals surface area contributed by atoms with Gasteiger partial charge in [-0.3, -0.25) is 4.79 Å². The second-order valence-corrected chi connectivity index (χ2v) is 5.61. The van der Waals surface area contributed by atoms with E-state index in [0.29, 0.717) is 0 Å². The molecule has 0 aromatic heterocycles. The van der Waals surface area contributed by atoms with Gasteiger partial charge in [-0.2, -0.15) is 0 Å². The van der Waals surface area contributed by atoms with Crippen molar-refractivity contribution in [2.45, 2.75) is 30.1 Å². The molecule has 0 saturated heterocycles. The first kappa shape index (κ1) is 15.4. The van der Waals surface area contributed by atoms with Gasteiger partial charge in [0.2, 0.25) is 0 Å². The number of nitrogens with zero attached hydrogens (tertiary/aromatic N) is 1. The van der Waals surface area contributed by atoms with Crippen LogP contribution < -0.4 is 4.90 Å². The minimum Gasteiger partial charge on any atom is -0.481 e. The lowest BCUT2D eigenvalue weighted by Crippen LogP contribution is -2.19. The standard InChI is InChI=1S/C14H13NS.C3H6O2/c1-2-15-11-7-3-5-9-13(11)16-14-10-6-4-8-12(14)15;1-2-3(4)5/h3-10H,2H2,1H3;2H2,1H3,(H,4,5). The summed E-state index contributed by atoms with van der Waals surface area (Å²) in [4.78, 5) is 14.4. The van der Waals surface area contributed by atoms with Crippen LogP contribution in [0.15, 0.2) is 58.3 Å². The summed E-state index contributed by atoms with van der Waals surface area (Å²) < 4.78 is 0. The van der Waals surface area contributed by atoms with Gasteiger partial charge in [0, 0.05) is 22.8 Å². The molecule has 2 aromatic carbocycles. The molecule has 0 unspecified atom stereocenters. The smallest absolute Gasteiger partial charge is 0.303 e. The van der Waals surface area contributed by atoms with Crippen LogP contribution in [0.25, 0.3) is 0 Å². The minimum atomic E-state index is -0.745. The Labute approximate surface area is 129 Å². The maximum Gasteiger partial charge on any atom is 0.303 e. The lowest BCUT2D eigenvalue weighted by Gasteiger charge is -2.31. The van der Waals surface area contributed by atoms with Gasteiger partial charge >= 0.3 is 5.97 Å². The SMILES string of the molecule is CCC(=O)O.CCN1c2ccccc2Sc2ccccc21. The van der Waals surface area contributed by atoms with Crippen molar-refractivity contribution >= 4 is 29.1 Å². The summed E-state index contributed by atoms with van der Waals surface area (Å²) >= 11 is 1.86. The van der Waals surface area contributed by atoms with Crippen LogP contribution in [0.4, 0.5) is 11.4 Å². The number of carboxylic acids is 1. The lowest BCUT2D eigenvalue weighted by molar-refractivity contribution is -0.136. The fraction of sp³-hybridized carbons (Fsp3) is 0.235. The molecule has 1 aliphatic rings. The van der Waals surface area contributed by atoms with E-state index in [1.165, 1.54) is 21.2 Å². The highest BCUT2D eigenvalue weighted by atomic mass is 32.2. The molecule has 0 saturated carbocycles. The molecule has 1 heterocycles. The monoisotopic (exact) mass is 301 g/mol. The van der Waals surface area contributed by atoms with Crippen molar-refractivity contribution in [3.8, 4) is 0 Å². The van der Waals surface area contributed by atoms with Crippen LogP contribution in [0.2, 0.25) is 0 Å². The fourth-order valence-corrected chi connectivity index (χ4v) is 3.22. The largest absolute Gasteiger partial charge is 0.481 e. The van der Waals surface area contributed by atoms with Gasteiger partial charge in [-0.25, -0.2) is 0 Å². The molecule has 0 amide bonds. The summed E-state index contributed by atoms with van der Waals surface area (Å²) in [6.45, 7) is 4.81. The Bertz CT molecular complexity index is 582. The van der Waals surface area contributed by atoms with E-state index in [2.05, 4.69) is 60.4 Å². The number of hydrogen-bond donors (Lipinski definition) is 1. The summed E-state index contributed by atoms with van der Waals surface area (Å²) in [6.07, 6.45) is 0.222. The van der Waals surface area contributed by atoms with Crippen LogP contribution in [0.1, 0.15) is 20.3 Å². The van der Waals surface area contributed by atoms with Crippen molar-refractivity contribution in [1.82, 2.24) is 0 Å². The maximum absolute atomic E-state index is 9.37. The first-order valence-corrected chi connectivity index (χ1v) is 7.84. The van der Waals surface area contributed by atoms with Crippen molar-refractivity contribution in [3.63, 3.8) is 0 Å². The van der Waals surface area contributed by atoms with Gasteiger partial charge in [-0.05, 0) is 31.2 Å². The number of aliphatic carboxylic acids is 1. The number of fused-ring (bicyclic) bond motifs is 2. The second-order valence-electron chi connectivity index (χ2n) is 4.53. The molecule has 0 fully saturated rings. The van der Waals surface area contributed by atoms with Gasteiger partial charge in [0.15, 0.2) is 0 Å². The first-order valence-electron chi connectivity index (χ1n) is 7.02. The Morgan fingerprint density at radius 3 is 1.81 bits per heavy atom. The van der Waals surface area contributed by atoms with Crippen LogP contribution in [-0.2, 0) is 4.79 Å². The number of para-hydroxylation sites is 2. The molecular formula is C17H19NO2S. The third-order valence-corrected chi connectivity index (χ3v) is 4.28. The second kappa shape index (κ2) is 7.18. The third kappa shape index (κ3) is 3.58. The Hall–Kier alpha value is -1.94. The zero-order valence-corrected chi connectivity index (χ0v) is 13.1. The van der Waals surface area contributed by atoms with Crippen molar-refractivity contribution in [2.75, 3.05) is 11.4 Å². The zero-order valence-electron chi connectivity index (χ0n) is 12.2. The zero-order chi connectivity index (χ0) is 15.2. The van der Waals surface area contributed by atoms with E-state index in [4.69, 9.17) is 5.11 Å². The third-order valence-electron chi connectivity index (χ3n) is 3.15. The average molecular weight is 301 g/mol. The number of carboxylic acid groups (broad SMARTS) is 1. The summed E-state index contributed by atoms with van der Waals surface area (Å²) in [6, 6.07) is 17.2. The molecular weight excluding hydrogens is 282 g/mol. The van der Waals surface area contributed by atoms with Gasteiger partial charge in [0.1, 0.15) is 0 Å². The van der Waals surface area contributed by atoms with Crippen molar-refractivity contribution in [2.24, 2.45) is 0 Å². The minimum absolute atomic E-state index is 0.222. The van der Waals surface area contributed by atoms with Gasteiger partial charge in [0.25, 0.3) is 0 Å². The molecule has 0 aliphatic carbocycles. The van der Waals surface area contributed by atoms with Crippen LogP contribution in [-0.4, -0.2) is 17.6 Å². The van der Waals surface area contributed by atoms with E-state index in [1.54, 1.807) is 6.92 Å². The summed E-state index contributed by atoms with van der Waals surface area (Å²) in [5.41, 5.74) is 2.66. The summed E-state index contributed by atoms with van der Waals surface area (Å²) in [7, 11) is 0. The number of hydrogen-bond acceptors (Lipinski definition) is 3. The molecule has 1 aliphatic heterocycles. The molecule has 3 nitrogen and oxygen atoms in total. The Balaban J connectivity index is 0.000000282. The van der Waals surface area contributed by atoms with E-state index in [0.717, 1.165) is 6.54 Å². The van der Waals surface area contributed by atoms with E-state index < -0.39 is 5.97 Å². The Morgan fingerprint density at radius 1 is 1.00 bits per heavy atom. The Kier molecular flexibility index (Phi) is 5.28. The molecule has 3 rings (SSSR count). The highest BCUT2D eigenvalue weighted by molar-refractivity contribution is 7.99. The predicted molar refractivity (Wildman–Crippen MR) is 87.6 cm³/mol. The van der Waals surface area contributed by atoms with E-state index in [1.807, 2.05) is 11.8 Å². The van der Waals surface area contributed by atoms with Crippen molar-refractivity contribution < 1.29 is 9.90 Å². The fourth-order valence-electron chi connectivity index (χ4n) is 2.12. The van der Waals surface area contributed by atoms with E-state index in [9.17, 15) is 4.79 Å². The summed E-state index contributed by atoms with van der Waals surface area (Å²) in [5, 5.41) is 7.72. The number of carbonyl (C=O) groups is 1.